The lowest BCUT2D eigenvalue weighted by Gasteiger charge is -2.24. The Hall–Kier alpha value is -1.10. The summed E-state index contributed by atoms with van der Waals surface area (Å²) in [4.78, 5) is 21.5. The van der Waals surface area contributed by atoms with Gasteiger partial charge in [0.05, 0.1) is 0 Å². The third-order valence-corrected chi connectivity index (χ3v) is 2.70. The SMILES string of the molecule is NC(=O)CCNC1(C(=O)O)CCCC1. The molecule has 0 unspecified atom stereocenters. The molecule has 80 valence electrons. The zero-order valence-corrected chi connectivity index (χ0v) is 8.08. The quantitative estimate of drug-likeness (QED) is 0.575. The maximum atomic E-state index is 11.0. The van der Waals surface area contributed by atoms with Crippen LogP contribution in [-0.4, -0.2) is 29.1 Å². The summed E-state index contributed by atoms with van der Waals surface area (Å²) in [5, 5.41) is 12.0. The molecule has 0 aromatic rings. The van der Waals surface area contributed by atoms with Crippen LogP contribution in [0.5, 0.6) is 0 Å². The molecule has 1 fully saturated rings. The molecule has 5 nitrogen and oxygen atoms in total. The minimum absolute atomic E-state index is 0.190. The van der Waals surface area contributed by atoms with Crippen molar-refractivity contribution in [3.8, 4) is 0 Å². The number of amides is 1. The minimum atomic E-state index is -0.820. The maximum Gasteiger partial charge on any atom is 0.323 e. The van der Waals surface area contributed by atoms with E-state index in [1.807, 2.05) is 0 Å². The van der Waals surface area contributed by atoms with Crippen molar-refractivity contribution in [2.75, 3.05) is 6.54 Å². The van der Waals surface area contributed by atoms with Gasteiger partial charge in [-0.15, -0.1) is 0 Å². The van der Waals surface area contributed by atoms with Gasteiger partial charge in [-0.05, 0) is 12.8 Å². The van der Waals surface area contributed by atoms with Crippen LogP contribution in [0.25, 0.3) is 0 Å². The van der Waals surface area contributed by atoms with Crippen LogP contribution in [0.1, 0.15) is 32.1 Å². The number of hydrogen-bond acceptors (Lipinski definition) is 3. The fourth-order valence-electron chi connectivity index (χ4n) is 1.87. The van der Waals surface area contributed by atoms with E-state index in [1.165, 1.54) is 0 Å². The van der Waals surface area contributed by atoms with Crippen molar-refractivity contribution in [2.24, 2.45) is 5.73 Å². The molecule has 1 rings (SSSR count). The first kappa shape index (κ1) is 11.0. The van der Waals surface area contributed by atoms with Gasteiger partial charge in [-0.2, -0.15) is 0 Å². The van der Waals surface area contributed by atoms with Crippen molar-refractivity contribution in [1.29, 1.82) is 0 Å². The van der Waals surface area contributed by atoms with Crippen molar-refractivity contribution in [1.82, 2.24) is 5.32 Å². The number of rotatable bonds is 5. The highest BCUT2D eigenvalue weighted by molar-refractivity contribution is 5.79. The lowest BCUT2D eigenvalue weighted by atomic mass is 9.98. The van der Waals surface area contributed by atoms with Gasteiger partial charge in [-0.3, -0.25) is 9.59 Å². The Kier molecular flexibility index (Phi) is 3.46. The molecule has 0 atom stereocenters. The van der Waals surface area contributed by atoms with Gasteiger partial charge in [0.1, 0.15) is 5.54 Å². The van der Waals surface area contributed by atoms with Gasteiger partial charge < -0.3 is 16.2 Å². The monoisotopic (exact) mass is 200 g/mol. The fourth-order valence-corrected chi connectivity index (χ4v) is 1.87. The summed E-state index contributed by atoms with van der Waals surface area (Å²) in [7, 11) is 0. The molecule has 1 saturated carbocycles. The van der Waals surface area contributed by atoms with Gasteiger partial charge in [-0.25, -0.2) is 0 Å². The summed E-state index contributed by atoms with van der Waals surface area (Å²) < 4.78 is 0. The summed E-state index contributed by atoms with van der Waals surface area (Å²) in [5.74, 6) is -1.23. The van der Waals surface area contributed by atoms with Crippen molar-refractivity contribution in [3.63, 3.8) is 0 Å². The predicted octanol–water partition coefficient (Wildman–Crippen LogP) is -0.151. The number of carbonyl (C=O) groups is 2. The molecule has 1 aliphatic carbocycles. The van der Waals surface area contributed by atoms with Crippen LogP contribution in [0.3, 0.4) is 0 Å². The van der Waals surface area contributed by atoms with E-state index in [0.717, 1.165) is 12.8 Å². The first-order valence-electron chi connectivity index (χ1n) is 4.83. The molecule has 1 amide bonds. The number of primary amides is 1. The average Bonchev–Trinajstić information content (AvgIpc) is 2.53. The molecule has 0 heterocycles. The van der Waals surface area contributed by atoms with Crippen LogP contribution in [-0.2, 0) is 9.59 Å². The normalized spacial score (nSPS) is 19.4. The highest BCUT2D eigenvalue weighted by atomic mass is 16.4. The van der Waals surface area contributed by atoms with E-state index in [4.69, 9.17) is 10.8 Å². The Balaban J connectivity index is 2.44. The molecule has 0 aromatic heterocycles. The van der Waals surface area contributed by atoms with Crippen molar-refractivity contribution in [3.05, 3.63) is 0 Å². The molecule has 0 spiro atoms. The number of carboxylic acids is 1. The van der Waals surface area contributed by atoms with Gasteiger partial charge >= 0.3 is 5.97 Å². The molecule has 0 saturated heterocycles. The molecule has 0 aromatic carbocycles. The Bertz CT molecular complexity index is 234. The molecule has 4 N–H and O–H groups in total. The van der Waals surface area contributed by atoms with E-state index < -0.39 is 17.4 Å². The summed E-state index contributed by atoms with van der Waals surface area (Å²) in [6.07, 6.45) is 3.32. The molecule has 14 heavy (non-hydrogen) atoms. The van der Waals surface area contributed by atoms with E-state index >= 15 is 0 Å². The third-order valence-electron chi connectivity index (χ3n) is 2.70. The topological polar surface area (TPSA) is 92.4 Å². The summed E-state index contributed by atoms with van der Waals surface area (Å²) >= 11 is 0. The zero-order chi connectivity index (χ0) is 10.6. The summed E-state index contributed by atoms with van der Waals surface area (Å²) in [6.45, 7) is 0.349. The van der Waals surface area contributed by atoms with Crippen LogP contribution < -0.4 is 11.1 Å². The van der Waals surface area contributed by atoms with Crippen LogP contribution in [0.2, 0.25) is 0 Å². The second-order valence-electron chi connectivity index (χ2n) is 3.74. The lowest BCUT2D eigenvalue weighted by Crippen LogP contribution is -2.50. The predicted molar refractivity (Wildman–Crippen MR) is 50.6 cm³/mol. The largest absolute Gasteiger partial charge is 0.480 e. The van der Waals surface area contributed by atoms with Crippen molar-refractivity contribution < 1.29 is 14.7 Å². The van der Waals surface area contributed by atoms with E-state index in [2.05, 4.69) is 5.32 Å². The molecule has 1 aliphatic rings. The Morgan fingerprint density at radius 1 is 1.36 bits per heavy atom. The molecule has 0 radical (unpaired) electrons. The van der Waals surface area contributed by atoms with Gasteiger partial charge in [0, 0.05) is 13.0 Å². The Morgan fingerprint density at radius 3 is 2.36 bits per heavy atom. The zero-order valence-electron chi connectivity index (χ0n) is 8.08. The van der Waals surface area contributed by atoms with Crippen molar-refractivity contribution in [2.45, 2.75) is 37.6 Å². The number of carbonyl (C=O) groups excluding carboxylic acids is 1. The van der Waals surface area contributed by atoms with Crippen LogP contribution in [0.15, 0.2) is 0 Å². The maximum absolute atomic E-state index is 11.0. The highest BCUT2D eigenvalue weighted by Gasteiger charge is 2.40. The van der Waals surface area contributed by atoms with Gasteiger partial charge in [-0.1, -0.05) is 12.8 Å². The molecule has 0 bridgehead atoms. The smallest absolute Gasteiger partial charge is 0.323 e. The molecule has 0 aliphatic heterocycles. The van der Waals surface area contributed by atoms with Crippen LogP contribution >= 0.6 is 0 Å². The van der Waals surface area contributed by atoms with E-state index in [9.17, 15) is 9.59 Å². The number of aliphatic carboxylic acids is 1. The Morgan fingerprint density at radius 2 is 1.93 bits per heavy atom. The van der Waals surface area contributed by atoms with Crippen molar-refractivity contribution >= 4 is 11.9 Å². The summed E-state index contributed by atoms with van der Waals surface area (Å²) in [6, 6.07) is 0. The molecular formula is C9H16N2O3. The lowest BCUT2D eigenvalue weighted by molar-refractivity contribution is -0.144. The van der Waals surface area contributed by atoms with Crippen LogP contribution in [0, 0.1) is 0 Å². The first-order chi connectivity index (χ1) is 6.57. The number of hydrogen-bond donors (Lipinski definition) is 3. The van der Waals surface area contributed by atoms with E-state index in [1.54, 1.807) is 0 Å². The summed E-state index contributed by atoms with van der Waals surface area (Å²) in [5.41, 5.74) is 4.16. The molecule has 5 heteroatoms. The van der Waals surface area contributed by atoms with Gasteiger partial charge in [0.15, 0.2) is 0 Å². The molecular weight excluding hydrogens is 184 g/mol. The van der Waals surface area contributed by atoms with Gasteiger partial charge in [0.2, 0.25) is 5.91 Å². The fraction of sp³-hybridized carbons (Fsp3) is 0.778. The highest BCUT2D eigenvalue weighted by Crippen LogP contribution is 2.29. The average molecular weight is 200 g/mol. The second kappa shape index (κ2) is 4.41. The van der Waals surface area contributed by atoms with E-state index in [0.29, 0.717) is 19.4 Å². The third kappa shape index (κ3) is 2.45. The first-order valence-corrected chi connectivity index (χ1v) is 4.83. The second-order valence-corrected chi connectivity index (χ2v) is 3.74. The van der Waals surface area contributed by atoms with E-state index in [-0.39, 0.29) is 6.42 Å². The van der Waals surface area contributed by atoms with Crippen LogP contribution in [0.4, 0.5) is 0 Å². The minimum Gasteiger partial charge on any atom is -0.480 e. The standard InChI is InChI=1S/C9H16N2O3/c10-7(12)3-6-11-9(8(13)14)4-1-2-5-9/h11H,1-6H2,(H2,10,12)(H,13,14). The number of nitrogens with one attached hydrogen (secondary N) is 1. The number of nitrogens with two attached hydrogens (primary N) is 1. The Labute approximate surface area is 82.7 Å². The number of carboxylic acid groups (broad SMARTS) is 1. The van der Waals surface area contributed by atoms with Gasteiger partial charge in [0.25, 0.3) is 0 Å².